The largest absolute Gasteiger partial charge is 0.458 e. The van der Waals surface area contributed by atoms with Gasteiger partial charge in [0.25, 0.3) is 11.6 Å². The Morgan fingerprint density at radius 3 is 2.60 bits per heavy atom. The fourth-order valence-corrected chi connectivity index (χ4v) is 4.16. The summed E-state index contributed by atoms with van der Waals surface area (Å²) in [6.45, 7) is 6.63. The smallest absolute Gasteiger partial charge is 0.328 e. The molecular formula is C24H24N4O6S. The molecule has 1 aromatic heterocycles. The van der Waals surface area contributed by atoms with E-state index in [9.17, 15) is 24.5 Å². The van der Waals surface area contributed by atoms with Crippen LogP contribution >= 0.6 is 11.3 Å². The Morgan fingerprint density at radius 1 is 1.20 bits per heavy atom. The van der Waals surface area contributed by atoms with Crippen LogP contribution in [0.1, 0.15) is 41.0 Å². The van der Waals surface area contributed by atoms with Gasteiger partial charge in [0, 0.05) is 30.0 Å². The molecule has 1 atom stereocenters. The van der Waals surface area contributed by atoms with Crippen LogP contribution in [-0.2, 0) is 20.9 Å². The third-order valence-corrected chi connectivity index (χ3v) is 5.90. The first kappa shape index (κ1) is 25.5. The van der Waals surface area contributed by atoms with Crippen LogP contribution < -0.4 is 10.2 Å². The Balaban J connectivity index is 1.63. The third-order valence-electron chi connectivity index (χ3n) is 5.02. The lowest BCUT2D eigenvalue weighted by Gasteiger charge is -2.20. The lowest BCUT2D eigenvalue weighted by molar-refractivity contribution is -0.384. The second-order valence-corrected chi connectivity index (χ2v) is 8.71. The molecule has 0 saturated carbocycles. The van der Waals surface area contributed by atoms with Gasteiger partial charge in [-0.2, -0.15) is 0 Å². The third kappa shape index (κ3) is 6.27. The van der Waals surface area contributed by atoms with E-state index in [0.29, 0.717) is 10.8 Å². The average Bonchev–Trinajstić information content (AvgIpc) is 3.27. The van der Waals surface area contributed by atoms with Crippen molar-refractivity contribution in [1.29, 1.82) is 0 Å². The van der Waals surface area contributed by atoms with Crippen molar-refractivity contribution in [2.24, 2.45) is 0 Å². The van der Waals surface area contributed by atoms with E-state index in [4.69, 9.17) is 4.74 Å². The number of amides is 2. The highest BCUT2D eigenvalue weighted by Crippen LogP contribution is 2.31. The number of carbonyl (C=O) groups is 3. The summed E-state index contributed by atoms with van der Waals surface area (Å²) in [5.74, 6) is -1.54. The molecule has 11 heteroatoms. The zero-order valence-corrected chi connectivity index (χ0v) is 20.4. The lowest BCUT2D eigenvalue weighted by atomic mass is 10.1. The Kier molecular flexibility index (Phi) is 7.92. The van der Waals surface area contributed by atoms with Crippen LogP contribution in [-0.4, -0.2) is 33.7 Å². The quantitative estimate of drug-likeness (QED) is 0.281. The van der Waals surface area contributed by atoms with E-state index in [0.717, 1.165) is 22.9 Å². The Labute approximate surface area is 205 Å². The van der Waals surface area contributed by atoms with E-state index in [-0.39, 0.29) is 23.8 Å². The monoisotopic (exact) mass is 496 g/mol. The number of nitro groups is 1. The SMILES string of the molecule is CC(=O)N(c1nc(COC(=O)[C@H](C)NC(=O)c2cccc([N+](=O)[O-])c2)cs1)c1ccc(C)cc1C. The molecule has 0 saturated heterocycles. The Bertz CT molecular complexity index is 1290. The molecular weight excluding hydrogens is 472 g/mol. The van der Waals surface area contributed by atoms with E-state index < -0.39 is 22.8 Å². The Morgan fingerprint density at radius 2 is 1.94 bits per heavy atom. The first-order valence-electron chi connectivity index (χ1n) is 10.6. The van der Waals surface area contributed by atoms with Crippen LogP contribution in [0.2, 0.25) is 0 Å². The molecule has 2 amide bonds. The summed E-state index contributed by atoms with van der Waals surface area (Å²) in [5, 5.41) is 15.5. The summed E-state index contributed by atoms with van der Waals surface area (Å²) in [6, 6.07) is 9.95. The lowest BCUT2D eigenvalue weighted by Crippen LogP contribution is -2.39. The number of nitro benzene ring substituents is 1. The number of rotatable bonds is 8. The minimum absolute atomic E-state index is 0.0544. The Hall–Kier alpha value is -4.12. The van der Waals surface area contributed by atoms with Crippen molar-refractivity contribution in [3.05, 3.63) is 80.3 Å². The van der Waals surface area contributed by atoms with Crippen molar-refractivity contribution in [2.45, 2.75) is 40.3 Å². The number of aromatic nitrogens is 1. The highest BCUT2D eigenvalue weighted by molar-refractivity contribution is 7.14. The number of ether oxygens (including phenoxy) is 1. The number of nitrogens with one attached hydrogen (secondary N) is 1. The van der Waals surface area contributed by atoms with E-state index in [2.05, 4.69) is 10.3 Å². The highest BCUT2D eigenvalue weighted by Gasteiger charge is 2.22. The van der Waals surface area contributed by atoms with Crippen LogP contribution in [0, 0.1) is 24.0 Å². The molecule has 0 aliphatic rings. The molecule has 0 aliphatic carbocycles. The number of aryl methyl sites for hydroxylation is 2. The molecule has 1 N–H and O–H groups in total. The van der Waals surface area contributed by atoms with Crippen molar-refractivity contribution < 1.29 is 24.0 Å². The predicted molar refractivity (Wildman–Crippen MR) is 131 cm³/mol. The fraction of sp³-hybridized carbons (Fsp3) is 0.250. The van der Waals surface area contributed by atoms with Gasteiger partial charge in [0.05, 0.1) is 16.3 Å². The molecule has 3 aromatic rings. The molecule has 0 bridgehead atoms. The van der Waals surface area contributed by atoms with E-state index in [1.807, 2.05) is 32.0 Å². The first-order valence-corrected chi connectivity index (χ1v) is 11.5. The van der Waals surface area contributed by atoms with Crippen molar-refractivity contribution in [1.82, 2.24) is 10.3 Å². The molecule has 10 nitrogen and oxygen atoms in total. The van der Waals surface area contributed by atoms with Crippen molar-refractivity contribution in [3.8, 4) is 0 Å². The zero-order chi connectivity index (χ0) is 25.7. The summed E-state index contributed by atoms with van der Waals surface area (Å²) < 4.78 is 5.27. The van der Waals surface area contributed by atoms with E-state index >= 15 is 0 Å². The van der Waals surface area contributed by atoms with Gasteiger partial charge in [0.1, 0.15) is 12.6 Å². The molecule has 0 unspecified atom stereocenters. The molecule has 182 valence electrons. The second kappa shape index (κ2) is 10.9. The summed E-state index contributed by atoms with van der Waals surface area (Å²) >= 11 is 1.24. The maximum atomic E-state index is 12.4. The molecule has 0 spiro atoms. The molecule has 2 aromatic carbocycles. The van der Waals surface area contributed by atoms with E-state index in [1.165, 1.54) is 48.3 Å². The number of thiazole rings is 1. The number of esters is 1. The summed E-state index contributed by atoms with van der Waals surface area (Å²) in [6.07, 6.45) is 0. The van der Waals surface area contributed by atoms with Gasteiger partial charge in [-0.05, 0) is 38.5 Å². The van der Waals surface area contributed by atoms with Crippen LogP contribution in [0.3, 0.4) is 0 Å². The van der Waals surface area contributed by atoms with E-state index in [1.54, 1.807) is 5.38 Å². The molecule has 0 radical (unpaired) electrons. The number of carbonyl (C=O) groups excluding carboxylic acids is 3. The van der Waals surface area contributed by atoms with Gasteiger partial charge in [-0.3, -0.25) is 24.6 Å². The summed E-state index contributed by atoms with van der Waals surface area (Å²) in [4.78, 5) is 53.3. The number of benzene rings is 2. The second-order valence-electron chi connectivity index (χ2n) is 7.88. The maximum absolute atomic E-state index is 12.4. The van der Waals surface area contributed by atoms with Gasteiger partial charge in [-0.1, -0.05) is 23.8 Å². The van der Waals surface area contributed by atoms with Crippen LogP contribution in [0.15, 0.2) is 47.8 Å². The van der Waals surface area contributed by atoms with Crippen molar-refractivity contribution in [3.63, 3.8) is 0 Å². The summed E-state index contributed by atoms with van der Waals surface area (Å²) in [5.41, 5.74) is 3.00. The van der Waals surface area contributed by atoms with Crippen molar-refractivity contribution in [2.75, 3.05) is 4.90 Å². The number of hydrogen-bond acceptors (Lipinski definition) is 8. The average molecular weight is 497 g/mol. The normalized spacial score (nSPS) is 11.4. The maximum Gasteiger partial charge on any atom is 0.328 e. The van der Waals surface area contributed by atoms with Crippen LogP contribution in [0.4, 0.5) is 16.5 Å². The minimum atomic E-state index is -0.996. The fourth-order valence-electron chi connectivity index (χ4n) is 3.30. The zero-order valence-electron chi connectivity index (χ0n) is 19.6. The first-order chi connectivity index (χ1) is 16.6. The van der Waals surface area contributed by atoms with Gasteiger partial charge in [0.15, 0.2) is 5.13 Å². The molecule has 3 rings (SSSR count). The number of anilines is 2. The summed E-state index contributed by atoms with van der Waals surface area (Å²) in [7, 11) is 0. The number of hydrogen-bond donors (Lipinski definition) is 1. The molecule has 0 aliphatic heterocycles. The molecule has 35 heavy (non-hydrogen) atoms. The molecule has 1 heterocycles. The minimum Gasteiger partial charge on any atom is -0.458 e. The topological polar surface area (TPSA) is 132 Å². The van der Waals surface area contributed by atoms with Gasteiger partial charge in [-0.25, -0.2) is 9.78 Å². The standard InChI is InChI=1S/C24H24N4O6S/c1-14-8-9-21(15(2)10-14)27(17(4)29)24-26-19(13-35-24)12-34-23(31)16(3)25-22(30)18-6-5-7-20(11-18)28(32)33/h5-11,13,16H,12H2,1-4H3,(H,25,30)/t16-/m0/s1. The van der Waals surface area contributed by atoms with Crippen LogP contribution in [0.5, 0.6) is 0 Å². The van der Waals surface area contributed by atoms with Gasteiger partial charge in [-0.15, -0.1) is 11.3 Å². The number of non-ortho nitro benzene ring substituents is 1. The highest BCUT2D eigenvalue weighted by atomic mass is 32.1. The van der Waals surface area contributed by atoms with Crippen molar-refractivity contribution >= 4 is 45.6 Å². The number of nitrogens with zero attached hydrogens (tertiary/aromatic N) is 3. The van der Waals surface area contributed by atoms with Crippen LogP contribution in [0.25, 0.3) is 0 Å². The van der Waals surface area contributed by atoms with Gasteiger partial charge in [0.2, 0.25) is 5.91 Å². The molecule has 0 fully saturated rings. The van der Waals surface area contributed by atoms with Gasteiger partial charge >= 0.3 is 5.97 Å². The predicted octanol–water partition coefficient (Wildman–Crippen LogP) is 4.21. The van der Waals surface area contributed by atoms with Gasteiger partial charge < -0.3 is 10.1 Å².